The number of rotatable bonds is 4. The summed E-state index contributed by atoms with van der Waals surface area (Å²) in [4.78, 5) is 12.2. The number of benzene rings is 1. The van der Waals surface area contributed by atoms with Crippen molar-refractivity contribution < 1.29 is 0 Å². The van der Waals surface area contributed by atoms with Crippen LogP contribution in [-0.2, 0) is 6.54 Å². The van der Waals surface area contributed by atoms with Crippen LogP contribution in [0.2, 0.25) is 0 Å². The maximum atomic E-state index is 4.68. The number of hydrogen-bond donors (Lipinski definition) is 3. The van der Waals surface area contributed by atoms with Crippen LogP contribution in [0.1, 0.15) is 5.69 Å². The number of H-pyrrole nitrogens is 2. The van der Waals surface area contributed by atoms with E-state index < -0.39 is 0 Å². The van der Waals surface area contributed by atoms with Gasteiger partial charge in [0.15, 0.2) is 0 Å². The minimum absolute atomic E-state index is 0.625. The molecule has 6 heteroatoms. The van der Waals surface area contributed by atoms with Crippen LogP contribution in [0.4, 0.5) is 5.82 Å². The van der Waals surface area contributed by atoms with Gasteiger partial charge in [0.2, 0.25) is 0 Å². The lowest BCUT2D eigenvalue weighted by atomic mass is 10.0. The summed E-state index contributed by atoms with van der Waals surface area (Å²) >= 11 is 0. The fourth-order valence-corrected chi connectivity index (χ4v) is 3.16. The Kier molecular flexibility index (Phi) is 3.38. The molecule has 0 aliphatic rings. The van der Waals surface area contributed by atoms with Gasteiger partial charge in [-0.05, 0) is 47.5 Å². The lowest BCUT2D eigenvalue weighted by Gasteiger charge is -2.10. The molecule has 3 N–H and O–H groups in total. The number of nitrogens with one attached hydrogen (secondary N) is 3. The lowest BCUT2D eigenvalue weighted by molar-refractivity contribution is 1.03. The first kappa shape index (κ1) is 14.7. The Bertz CT molecular complexity index is 1190. The molecule has 5 aromatic rings. The Morgan fingerprint density at radius 1 is 1.04 bits per heavy atom. The maximum Gasteiger partial charge on any atom is 0.140 e. The Morgan fingerprint density at radius 2 is 2.04 bits per heavy atom. The summed E-state index contributed by atoms with van der Waals surface area (Å²) in [7, 11) is 0. The molecule has 0 fully saturated rings. The highest BCUT2D eigenvalue weighted by Gasteiger charge is 2.10. The van der Waals surface area contributed by atoms with Crippen molar-refractivity contribution in [1.29, 1.82) is 0 Å². The number of aromatic amines is 2. The van der Waals surface area contributed by atoms with E-state index in [4.69, 9.17) is 0 Å². The van der Waals surface area contributed by atoms with E-state index in [0.29, 0.717) is 6.54 Å². The normalized spacial score (nSPS) is 11.2. The van der Waals surface area contributed by atoms with Crippen molar-refractivity contribution in [2.45, 2.75) is 6.54 Å². The molecule has 0 spiro atoms. The molecule has 0 amide bonds. The average molecular weight is 340 g/mol. The molecule has 0 bridgehead atoms. The summed E-state index contributed by atoms with van der Waals surface area (Å²) in [5.74, 6) is 0.813. The molecule has 0 aliphatic carbocycles. The molecule has 26 heavy (non-hydrogen) atoms. The lowest BCUT2D eigenvalue weighted by Crippen LogP contribution is -2.03. The molecule has 4 heterocycles. The van der Waals surface area contributed by atoms with Crippen LogP contribution in [0.15, 0.2) is 67.1 Å². The van der Waals surface area contributed by atoms with E-state index in [9.17, 15) is 0 Å². The summed E-state index contributed by atoms with van der Waals surface area (Å²) in [6.07, 6.45) is 5.55. The van der Waals surface area contributed by atoms with Gasteiger partial charge in [0.1, 0.15) is 11.5 Å². The first-order valence-corrected chi connectivity index (χ1v) is 8.42. The molecular formula is C20H16N6. The molecule has 6 nitrogen and oxygen atoms in total. The van der Waals surface area contributed by atoms with E-state index in [1.54, 1.807) is 6.20 Å². The summed E-state index contributed by atoms with van der Waals surface area (Å²) < 4.78 is 0. The fraction of sp³-hybridized carbons (Fsp3) is 0.0500. The van der Waals surface area contributed by atoms with E-state index >= 15 is 0 Å². The van der Waals surface area contributed by atoms with Crippen molar-refractivity contribution in [2.75, 3.05) is 5.32 Å². The van der Waals surface area contributed by atoms with Gasteiger partial charge in [-0.15, -0.1) is 0 Å². The van der Waals surface area contributed by atoms with E-state index in [-0.39, 0.29) is 0 Å². The third-order valence-electron chi connectivity index (χ3n) is 4.46. The second kappa shape index (κ2) is 6.00. The fourth-order valence-electron chi connectivity index (χ4n) is 3.16. The van der Waals surface area contributed by atoms with Gasteiger partial charge < -0.3 is 10.3 Å². The summed E-state index contributed by atoms with van der Waals surface area (Å²) in [6, 6.07) is 16.3. The SMILES string of the molecule is c1ccc(CNc2cc(-c3ccc4[nH]ncc4c3)c3cc[nH]c3n2)nc1. The molecule has 0 saturated carbocycles. The topological polar surface area (TPSA) is 82.3 Å². The second-order valence-electron chi connectivity index (χ2n) is 6.14. The smallest absolute Gasteiger partial charge is 0.140 e. The molecule has 0 aliphatic heterocycles. The molecule has 126 valence electrons. The van der Waals surface area contributed by atoms with Gasteiger partial charge in [-0.3, -0.25) is 10.1 Å². The van der Waals surface area contributed by atoms with Crippen LogP contribution in [0, 0.1) is 0 Å². The molecule has 0 unspecified atom stereocenters. The van der Waals surface area contributed by atoms with Crippen molar-refractivity contribution >= 4 is 27.8 Å². The summed E-state index contributed by atoms with van der Waals surface area (Å²) in [5.41, 5.74) is 5.12. The Labute approximate surface area is 149 Å². The van der Waals surface area contributed by atoms with Gasteiger partial charge in [-0.1, -0.05) is 12.1 Å². The third kappa shape index (κ3) is 2.57. The average Bonchev–Trinajstić information content (AvgIpc) is 3.35. The maximum absolute atomic E-state index is 4.68. The monoisotopic (exact) mass is 340 g/mol. The summed E-state index contributed by atoms with van der Waals surface area (Å²) in [6.45, 7) is 0.625. The Morgan fingerprint density at radius 3 is 2.96 bits per heavy atom. The molecule has 0 atom stereocenters. The van der Waals surface area contributed by atoms with E-state index in [1.165, 1.54) is 0 Å². The molecular weight excluding hydrogens is 324 g/mol. The second-order valence-corrected chi connectivity index (χ2v) is 6.14. The zero-order chi connectivity index (χ0) is 17.3. The minimum Gasteiger partial charge on any atom is -0.364 e. The van der Waals surface area contributed by atoms with Gasteiger partial charge in [0.05, 0.1) is 24.0 Å². The minimum atomic E-state index is 0.625. The Balaban J connectivity index is 1.56. The number of pyridine rings is 2. The van der Waals surface area contributed by atoms with Crippen LogP contribution < -0.4 is 5.32 Å². The third-order valence-corrected chi connectivity index (χ3v) is 4.46. The molecule has 0 saturated heterocycles. The number of aromatic nitrogens is 5. The van der Waals surface area contributed by atoms with E-state index in [1.807, 2.05) is 30.6 Å². The van der Waals surface area contributed by atoms with Crippen molar-refractivity contribution in [3.8, 4) is 11.1 Å². The first-order chi connectivity index (χ1) is 12.9. The number of hydrogen-bond acceptors (Lipinski definition) is 4. The zero-order valence-corrected chi connectivity index (χ0v) is 13.9. The molecule has 0 radical (unpaired) electrons. The number of fused-ring (bicyclic) bond motifs is 2. The van der Waals surface area contributed by atoms with Gasteiger partial charge in [0.25, 0.3) is 0 Å². The van der Waals surface area contributed by atoms with Crippen LogP contribution in [0.5, 0.6) is 0 Å². The van der Waals surface area contributed by atoms with Gasteiger partial charge in [0, 0.05) is 23.2 Å². The van der Waals surface area contributed by atoms with Gasteiger partial charge >= 0.3 is 0 Å². The van der Waals surface area contributed by atoms with Crippen LogP contribution in [0.25, 0.3) is 33.1 Å². The van der Waals surface area contributed by atoms with E-state index in [0.717, 1.165) is 44.6 Å². The van der Waals surface area contributed by atoms with Crippen LogP contribution in [0.3, 0.4) is 0 Å². The zero-order valence-electron chi connectivity index (χ0n) is 13.9. The highest BCUT2D eigenvalue weighted by Crippen LogP contribution is 2.31. The number of anilines is 1. The Hall–Kier alpha value is -3.67. The van der Waals surface area contributed by atoms with Crippen LogP contribution in [-0.4, -0.2) is 25.1 Å². The molecule has 4 aromatic heterocycles. The highest BCUT2D eigenvalue weighted by atomic mass is 15.1. The summed E-state index contributed by atoms with van der Waals surface area (Å²) in [5, 5.41) is 12.7. The molecule has 5 rings (SSSR count). The highest BCUT2D eigenvalue weighted by molar-refractivity contribution is 5.97. The largest absolute Gasteiger partial charge is 0.364 e. The van der Waals surface area contributed by atoms with Gasteiger partial charge in [-0.25, -0.2) is 4.98 Å². The van der Waals surface area contributed by atoms with Crippen molar-refractivity contribution in [2.24, 2.45) is 0 Å². The van der Waals surface area contributed by atoms with Crippen molar-refractivity contribution in [1.82, 2.24) is 25.1 Å². The van der Waals surface area contributed by atoms with Crippen molar-refractivity contribution in [3.05, 3.63) is 72.8 Å². The predicted molar refractivity (Wildman–Crippen MR) is 103 cm³/mol. The quantitative estimate of drug-likeness (QED) is 0.460. The van der Waals surface area contributed by atoms with Crippen molar-refractivity contribution in [3.63, 3.8) is 0 Å². The molecule has 1 aromatic carbocycles. The first-order valence-electron chi connectivity index (χ1n) is 8.42. The predicted octanol–water partition coefficient (Wildman–Crippen LogP) is 4.11. The number of nitrogens with zero attached hydrogens (tertiary/aromatic N) is 3. The van der Waals surface area contributed by atoms with E-state index in [2.05, 4.69) is 60.8 Å². The van der Waals surface area contributed by atoms with Crippen LogP contribution >= 0.6 is 0 Å². The standard InChI is InChI=1S/C20H16N6/c1-2-7-21-15(3-1)12-23-19-10-17(16-6-8-22-20(16)25-19)13-4-5-18-14(9-13)11-24-26-18/h1-11H,12H2,(H,24,26)(H2,22,23,25). The van der Waals surface area contributed by atoms with Gasteiger partial charge in [-0.2, -0.15) is 5.10 Å².